The van der Waals surface area contributed by atoms with Crippen LogP contribution in [0.4, 0.5) is 0 Å². The fourth-order valence-corrected chi connectivity index (χ4v) is 7.73. The van der Waals surface area contributed by atoms with Crippen LogP contribution >= 0.6 is 0 Å². The lowest BCUT2D eigenvalue weighted by atomic mass is 9.69. The third kappa shape index (κ3) is 5.66. The van der Waals surface area contributed by atoms with Crippen LogP contribution in [0.2, 0.25) is 0 Å². The molecule has 0 fully saturated rings. The Morgan fingerprint density at radius 1 is 0.524 bits per heavy atom. The molecule has 0 radical (unpaired) electrons. The second kappa shape index (κ2) is 12.9. The Balaban J connectivity index is 1.48. The van der Waals surface area contributed by atoms with Gasteiger partial charge in [0.2, 0.25) is 0 Å². The van der Waals surface area contributed by atoms with Gasteiger partial charge in [0.1, 0.15) is 0 Å². The molecular weight excluding hydrogens is 504 g/mol. The van der Waals surface area contributed by atoms with Gasteiger partial charge in [0.15, 0.2) is 0 Å². The molecule has 0 N–H and O–H groups in total. The number of fused-ring (bicyclic) bond motifs is 6. The van der Waals surface area contributed by atoms with Crippen LogP contribution < -0.4 is 0 Å². The van der Waals surface area contributed by atoms with Crippen LogP contribution in [0.25, 0.3) is 32.7 Å². The Kier molecular flexibility index (Phi) is 8.80. The molecule has 0 heteroatoms. The molecule has 0 atom stereocenters. The molecule has 1 aliphatic carbocycles. The van der Waals surface area contributed by atoms with Crippen molar-refractivity contribution in [2.75, 3.05) is 0 Å². The van der Waals surface area contributed by atoms with Crippen molar-refractivity contribution in [1.82, 2.24) is 0 Å². The van der Waals surface area contributed by atoms with E-state index >= 15 is 0 Å². The highest BCUT2D eigenvalue weighted by Crippen LogP contribution is 2.57. The zero-order valence-electron chi connectivity index (χ0n) is 26.1. The molecule has 6 rings (SSSR count). The number of hydrogen-bond donors (Lipinski definition) is 0. The second-order valence-electron chi connectivity index (χ2n) is 13.0. The van der Waals surface area contributed by atoms with E-state index in [0.29, 0.717) is 0 Å². The van der Waals surface area contributed by atoms with Gasteiger partial charge in [0, 0.05) is 5.41 Å². The topological polar surface area (TPSA) is 0 Å². The Labute approximate surface area is 254 Å². The maximum atomic E-state index is 2.62. The predicted octanol–water partition coefficient (Wildman–Crippen LogP) is 12.3. The molecule has 0 aromatic heterocycles. The third-order valence-electron chi connectivity index (χ3n) is 9.96. The first-order chi connectivity index (χ1) is 20.6. The maximum absolute atomic E-state index is 2.62. The first kappa shape index (κ1) is 28.7. The van der Waals surface area contributed by atoms with Crippen LogP contribution in [0.15, 0.2) is 91.0 Å². The summed E-state index contributed by atoms with van der Waals surface area (Å²) in [6.45, 7) is 6.89. The maximum Gasteiger partial charge on any atom is 0.0221 e. The molecule has 5 aromatic carbocycles. The van der Waals surface area contributed by atoms with Gasteiger partial charge < -0.3 is 0 Å². The van der Waals surface area contributed by atoms with Gasteiger partial charge in [0.25, 0.3) is 0 Å². The summed E-state index contributed by atoms with van der Waals surface area (Å²) >= 11 is 0. The van der Waals surface area contributed by atoms with Gasteiger partial charge in [-0.05, 0) is 99.7 Å². The highest BCUT2D eigenvalue weighted by Gasteiger charge is 2.43. The van der Waals surface area contributed by atoms with E-state index in [1.54, 1.807) is 11.1 Å². The Hall–Kier alpha value is -3.38. The first-order valence-corrected chi connectivity index (χ1v) is 16.8. The monoisotopic (exact) mass is 552 g/mol. The lowest BCUT2D eigenvalue weighted by molar-refractivity contribution is 0.403. The van der Waals surface area contributed by atoms with Crippen LogP contribution in [0, 0.1) is 6.92 Å². The normalized spacial score (nSPS) is 13.5. The van der Waals surface area contributed by atoms with Gasteiger partial charge in [-0.3, -0.25) is 0 Å². The number of rotatable bonds is 13. The smallest absolute Gasteiger partial charge is 0.0221 e. The third-order valence-corrected chi connectivity index (χ3v) is 9.96. The minimum Gasteiger partial charge on any atom is -0.0654 e. The Morgan fingerprint density at radius 3 is 1.98 bits per heavy atom. The number of aryl methyl sites for hydroxylation is 3. The van der Waals surface area contributed by atoms with Crippen LogP contribution in [-0.4, -0.2) is 0 Å². The number of benzene rings is 5. The van der Waals surface area contributed by atoms with E-state index in [4.69, 9.17) is 0 Å². The highest BCUT2D eigenvalue weighted by atomic mass is 14.5. The van der Waals surface area contributed by atoms with E-state index in [2.05, 4.69) is 112 Å². The largest absolute Gasteiger partial charge is 0.0654 e. The molecule has 0 bridgehead atoms. The molecule has 1 aliphatic rings. The first-order valence-electron chi connectivity index (χ1n) is 16.8. The lowest BCUT2D eigenvalue weighted by Gasteiger charge is -2.34. The van der Waals surface area contributed by atoms with Gasteiger partial charge in [-0.15, -0.1) is 0 Å². The molecule has 216 valence electrons. The van der Waals surface area contributed by atoms with Gasteiger partial charge in [-0.1, -0.05) is 150 Å². The molecule has 0 nitrogen and oxygen atoms in total. The van der Waals surface area contributed by atoms with Gasteiger partial charge in [-0.25, -0.2) is 0 Å². The molecule has 0 amide bonds. The highest BCUT2D eigenvalue weighted by molar-refractivity contribution is 6.01. The molecule has 0 unspecified atom stereocenters. The second-order valence-corrected chi connectivity index (χ2v) is 13.0. The van der Waals surface area contributed by atoms with E-state index in [9.17, 15) is 0 Å². The van der Waals surface area contributed by atoms with Crippen molar-refractivity contribution in [3.63, 3.8) is 0 Å². The van der Waals surface area contributed by atoms with E-state index in [-0.39, 0.29) is 5.41 Å². The average Bonchev–Trinajstić information content (AvgIpc) is 3.28. The van der Waals surface area contributed by atoms with Crippen LogP contribution in [0.1, 0.15) is 106 Å². The standard InChI is InChI=1S/C42H48/c1-4-6-8-13-25-42(26-14-9-7-5-2)40-30-36-28-33(19-18-32-15-11-10-12-16-32)20-21-34(36)29-39(40)38-24-22-35-27-31(3)17-23-37(35)41(38)42/h10-12,15-17,20-24,27-30H,4-9,13-14,18-19,25-26H2,1-3H3. The van der Waals surface area contributed by atoms with Crippen molar-refractivity contribution in [3.05, 3.63) is 119 Å². The minimum absolute atomic E-state index is 0.0924. The van der Waals surface area contributed by atoms with Crippen molar-refractivity contribution < 1.29 is 0 Å². The molecule has 0 aliphatic heterocycles. The van der Waals surface area contributed by atoms with Gasteiger partial charge >= 0.3 is 0 Å². The van der Waals surface area contributed by atoms with Crippen LogP contribution in [-0.2, 0) is 18.3 Å². The quantitative estimate of drug-likeness (QED) is 0.127. The number of hydrogen-bond acceptors (Lipinski definition) is 0. The minimum atomic E-state index is 0.0924. The van der Waals surface area contributed by atoms with Crippen molar-refractivity contribution in [2.45, 2.75) is 103 Å². The molecule has 0 heterocycles. The molecular formula is C42H48. The van der Waals surface area contributed by atoms with Crippen LogP contribution in [0.5, 0.6) is 0 Å². The van der Waals surface area contributed by atoms with Crippen molar-refractivity contribution in [2.24, 2.45) is 0 Å². The molecule has 42 heavy (non-hydrogen) atoms. The van der Waals surface area contributed by atoms with Gasteiger partial charge in [0.05, 0.1) is 0 Å². The van der Waals surface area contributed by atoms with Gasteiger partial charge in [-0.2, -0.15) is 0 Å². The zero-order valence-corrected chi connectivity index (χ0v) is 26.1. The molecule has 0 spiro atoms. The summed E-state index contributed by atoms with van der Waals surface area (Å²) < 4.78 is 0. The number of unbranched alkanes of at least 4 members (excludes halogenated alkanes) is 6. The van der Waals surface area contributed by atoms with E-state index in [1.807, 2.05) is 0 Å². The van der Waals surface area contributed by atoms with Crippen molar-refractivity contribution in [3.8, 4) is 11.1 Å². The summed E-state index contributed by atoms with van der Waals surface area (Å²) in [5.74, 6) is 0. The zero-order chi connectivity index (χ0) is 28.9. The Bertz CT molecular complexity index is 1640. The fraction of sp³-hybridized carbons (Fsp3) is 0.381. The van der Waals surface area contributed by atoms with Crippen LogP contribution in [0.3, 0.4) is 0 Å². The Morgan fingerprint density at radius 2 is 1.24 bits per heavy atom. The van der Waals surface area contributed by atoms with E-state index in [1.165, 1.54) is 114 Å². The summed E-state index contributed by atoms with van der Waals surface area (Å²) in [6.07, 6.45) is 15.2. The predicted molar refractivity (Wildman–Crippen MR) is 184 cm³/mol. The van der Waals surface area contributed by atoms with E-state index in [0.717, 1.165) is 12.8 Å². The molecule has 0 saturated heterocycles. The van der Waals surface area contributed by atoms with E-state index < -0.39 is 0 Å². The average molecular weight is 553 g/mol. The van der Waals surface area contributed by atoms with Crippen molar-refractivity contribution >= 4 is 21.5 Å². The summed E-state index contributed by atoms with van der Waals surface area (Å²) in [7, 11) is 0. The summed E-state index contributed by atoms with van der Waals surface area (Å²) in [4.78, 5) is 0. The summed E-state index contributed by atoms with van der Waals surface area (Å²) in [6, 6.07) is 35.3. The SMILES string of the molecule is CCCCCCC1(CCCCCC)c2cc3cc(CCc4ccccc4)ccc3cc2-c2ccc3cc(C)ccc3c21. The summed E-state index contributed by atoms with van der Waals surface area (Å²) in [5.41, 5.74) is 10.5. The fourth-order valence-electron chi connectivity index (χ4n) is 7.73. The van der Waals surface area contributed by atoms with Crippen molar-refractivity contribution in [1.29, 1.82) is 0 Å². The summed E-state index contributed by atoms with van der Waals surface area (Å²) in [5, 5.41) is 5.67. The lowest BCUT2D eigenvalue weighted by Crippen LogP contribution is -2.26. The molecule has 5 aromatic rings. The molecule has 0 saturated carbocycles.